The van der Waals surface area contributed by atoms with Gasteiger partial charge in [0.2, 0.25) is 5.91 Å². The minimum absolute atomic E-state index is 0.0112. The van der Waals surface area contributed by atoms with Crippen molar-refractivity contribution in [3.8, 4) is 0 Å². The number of nitrogens with two attached hydrogens (primary N) is 1. The van der Waals surface area contributed by atoms with E-state index in [-0.39, 0.29) is 17.6 Å². The van der Waals surface area contributed by atoms with E-state index in [0.717, 1.165) is 38.7 Å². The summed E-state index contributed by atoms with van der Waals surface area (Å²) in [5.41, 5.74) is 5.33. The van der Waals surface area contributed by atoms with E-state index in [1.165, 1.54) is 6.42 Å². The third-order valence-corrected chi connectivity index (χ3v) is 4.48. The molecule has 98 valence electrons. The van der Waals surface area contributed by atoms with Crippen LogP contribution in [0.4, 0.5) is 0 Å². The Bertz CT molecular complexity index is 300. The lowest BCUT2D eigenvalue weighted by atomic mass is 9.81. The van der Waals surface area contributed by atoms with Crippen molar-refractivity contribution in [1.29, 1.82) is 0 Å². The Morgan fingerprint density at radius 1 is 1.29 bits per heavy atom. The topological polar surface area (TPSA) is 64.3 Å². The number of hydrogen-bond donors (Lipinski definition) is 2. The Kier molecular flexibility index (Phi) is 3.46. The molecular weight excluding hydrogens is 216 g/mol. The van der Waals surface area contributed by atoms with Gasteiger partial charge in [0.05, 0.1) is 17.2 Å². The number of ether oxygens (including phenoxy) is 1. The van der Waals surface area contributed by atoms with Crippen molar-refractivity contribution in [2.75, 3.05) is 6.61 Å². The molecule has 1 heterocycles. The number of nitrogens with one attached hydrogen (secondary N) is 1. The second-order valence-corrected chi connectivity index (χ2v) is 5.85. The summed E-state index contributed by atoms with van der Waals surface area (Å²) >= 11 is 0. The van der Waals surface area contributed by atoms with Gasteiger partial charge in [-0.2, -0.15) is 0 Å². The third-order valence-electron chi connectivity index (χ3n) is 4.48. The Balaban J connectivity index is 2.00. The van der Waals surface area contributed by atoms with E-state index in [2.05, 4.69) is 12.2 Å². The smallest absolute Gasteiger partial charge is 0.240 e. The van der Waals surface area contributed by atoms with E-state index >= 15 is 0 Å². The number of hydrogen-bond acceptors (Lipinski definition) is 3. The first-order chi connectivity index (χ1) is 7.96. The fraction of sp³-hybridized carbons (Fsp3) is 0.923. The molecule has 1 saturated carbocycles. The molecule has 0 aromatic rings. The summed E-state index contributed by atoms with van der Waals surface area (Å²) in [4.78, 5) is 12.3. The van der Waals surface area contributed by atoms with Crippen LogP contribution in [0.1, 0.15) is 52.4 Å². The van der Waals surface area contributed by atoms with Gasteiger partial charge in [-0.1, -0.05) is 19.3 Å². The highest BCUT2D eigenvalue weighted by atomic mass is 16.5. The van der Waals surface area contributed by atoms with Gasteiger partial charge >= 0.3 is 0 Å². The highest BCUT2D eigenvalue weighted by molar-refractivity contribution is 5.86. The number of carbonyl (C=O) groups is 1. The van der Waals surface area contributed by atoms with Crippen LogP contribution < -0.4 is 11.1 Å². The molecule has 0 spiro atoms. The highest BCUT2D eigenvalue weighted by Crippen LogP contribution is 2.29. The standard InChI is InChI=1S/C13H24N2O2/c1-10-12(2,8-9-17-10)15-11(16)13(14)6-4-3-5-7-13/h10H,3-9,14H2,1-2H3,(H,15,16). The SMILES string of the molecule is CC1OCCC1(C)NC(=O)C1(N)CCCCC1. The summed E-state index contributed by atoms with van der Waals surface area (Å²) < 4.78 is 5.53. The summed E-state index contributed by atoms with van der Waals surface area (Å²) in [5, 5.41) is 3.13. The molecule has 17 heavy (non-hydrogen) atoms. The molecule has 0 aromatic heterocycles. The van der Waals surface area contributed by atoms with Crippen LogP contribution >= 0.6 is 0 Å². The molecular formula is C13H24N2O2. The molecule has 4 heteroatoms. The van der Waals surface area contributed by atoms with Crippen LogP contribution in [-0.2, 0) is 9.53 Å². The molecule has 1 aliphatic carbocycles. The molecule has 2 rings (SSSR count). The Morgan fingerprint density at radius 2 is 1.94 bits per heavy atom. The predicted molar refractivity (Wildman–Crippen MR) is 66.6 cm³/mol. The van der Waals surface area contributed by atoms with Gasteiger partial charge in [-0.05, 0) is 33.1 Å². The fourth-order valence-corrected chi connectivity index (χ4v) is 2.79. The first-order valence-corrected chi connectivity index (χ1v) is 6.69. The first kappa shape index (κ1) is 12.8. The van der Waals surface area contributed by atoms with E-state index in [0.29, 0.717) is 0 Å². The van der Waals surface area contributed by atoms with Gasteiger partial charge in [0.15, 0.2) is 0 Å². The highest BCUT2D eigenvalue weighted by Gasteiger charge is 2.43. The number of rotatable bonds is 2. The van der Waals surface area contributed by atoms with Crippen LogP contribution in [0.2, 0.25) is 0 Å². The first-order valence-electron chi connectivity index (χ1n) is 6.69. The van der Waals surface area contributed by atoms with Crippen molar-refractivity contribution < 1.29 is 9.53 Å². The average molecular weight is 240 g/mol. The maximum Gasteiger partial charge on any atom is 0.240 e. The number of carbonyl (C=O) groups excluding carboxylic acids is 1. The second kappa shape index (κ2) is 4.58. The summed E-state index contributed by atoms with van der Waals surface area (Å²) in [6.07, 6.45) is 5.88. The largest absolute Gasteiger partial charge is 0.376 e. The summed E-state index contributed by atoms with van der Waals surface area (Å²) in [6.45, 7) is 4.78. The van der Waals surface area contributed by atoms with Crippen molar-refractivity contribution in [2.24, 2.45) is 5.73 Å². The molecule has 0 bridgehead atoms. The lowest BCUT2D eigenvalue weighted by Crippen LogP contribution is -2.61. The Labute approximate surface area is 103 Å². The minimum Gasteiger partial charge on any atom is -0.376 e. The summed E-state index contributed by atoms with van der Waals surface area (Å²) in [7, 11) is 0. The van der Waals surface area contributed by atoms with Crippen LogP contribution in [-0.4, -0.2) is 29.7 Å². The normalized spacial score (nSPS) is 36.8. The fourth-order valence-electron chi connectivity index (χ4n) is 2.79. The van der Waals surface area contributed by atoms with Crippen molar-refractivity contribution in [3.05, 3.63) is 0 Å². The van der Waals surface area contributed by atoms with Crippen molar-refractivity contribution in [2.45, 2.75) is 69.6 Å². The molecule has 1 saturated heterocycles. The maximum absolute atomic E-state index is 12.3. The Hall–Kier alpha value is -0.610. The van der Waals surface area contributed by atoms with Crippen LogP contribution in [0.15, 0.2) is 0 Å². The van der Waals surface area contributed by atoms with E-state index in [1.807, 2.05) is 6.92 Å². The molecule has 0 aromatic carbocycles. The zero-order valence-electron chi connectivity index (χ0n) is 10.9. The van der Waals surface area contributed by atoms with E-state index < -0.39 is 5.54 Å². The predicted octanol–water partition coefficient (Wildman–Crippen LogP) is 1.33. The van der Waals surface area contributed by atoms with Crippen LogP contribution in [0, 0.1) is 0 Å². The van der Waals surface area contributed by atoms with Gasteiger partial charge in [0.25, 0.3) is 0 Å². The van der Waals surface area contributed by atoms with Crippen molar-refractivity contribution in [1.82, 2.24) is 5.32 Å². The molecule has 3 N–H and O–H groups in total. The molecule has 2 fully saturated rings. The van der Waals surface area contributed by atoms with Gasteiger partial charge in [-0.25, -0.2) is 0 Å². The molecule has 4 nitrogen and oxygen atoms in total. The molecule has 1 aliphatic heterocycles. The lowest BCUT2D eigenvalue weighted by Gasteiger charge is -2.37. The van der Waals surface area contributed by atoms with Gasteiger partial charge in [0.1, 0.15) is 0 Å². The minimum atomic E-state index is -0.649. The molecule has 1 amide bonds. The second-order valence-electron chi connectivity index (χ2n) is 5.85. The Morgan fingerprint density at radius 3 is 2.47 bits per heavy atom. The lowest BCUT2D eigenvalue weighted by molar-refractivity contribution is -0.130. The van der Waals surface area contributed by atoms with Crippen molar-refractivity contribution >= 4 is 5.91 Å². The quantitative estimate of drug-likeness (QED) is 0.765. The molecule has 0 radical (unpaired) electrons. The van der Waals surface area contributed by atoms with Gasteiger partial charge < -0.3 is 15.8 Å². The molecule has 2 aliphatic rings. The van der Waals surface area contributed by atoms with Crippen LogP contribution in [0.25, 0.3) is 0 Å². The average Bonchev–Trinajstić information content (AvgIpc) is 2.60. The van der Waals surface area contributed by atoms with Gasteiger partial charge in [0, 0.05) is 6.61 Å². The van der Waals surface area contributed by atoms with E-state index in [1.54, 1.807) is 0 Å². The monoisotopic (exact) mass is 240 g/mol. The maximum atomic E-state index is 12.3. The van der Waals surface area contributed by atoms with Crippen molar-refractivity contribution in [3.63, 3.8) is 0 Å². The van der Waals surface area contributed by atoms with E-state index in [4.69, 9.17) is 10.5 Å². The van der Waals surface area contributed by atoms with Gasteiger partial charge in [-0.15, -0.1) is 0 Å². The molecule has 2 unspecified atom stereocenters. The zero-order valence-corrected chi connectivity index (χ0v) is 10.9. The number of amides is 1. The summed E-state index contributed by atoms with van der Waals surface area (Å²) in [5.74, 6) is 0.0112. The van der Waals surface area contributed by atoms with E-state index in [9.17, 15) is 4.79 Å². The van der Waals surface area contributed by atoms with Crippen LogP contribution in [0.3, 0.4) is 0 Å². The van der Waals surface area contributed by atoms with Crippen LogP contribution in [0.5, 0.6) is 0 Å². The summed E-state index contributed by atoms with van der Waals surface area (Å²) in [6, 6.07) is 0. The molecule has 2 atom stereocenters. The third kappa shape index (κ3) is 2.47. The zero-order chi connectivity index (χ0) is 12.5. The van der Waals surface area contributed by atoms with Gasteiger partial charge in [-0.3, -0.25) is 4.79 Å².